The molecule has 0 bridgehead atoms. The standard InChI is InChI=1S/C8H9NO3/c1-9(8(11)12)6-2-4-7(10)5-3-6/h2-5,10H,1H3,(H,11,12). The molecule has 0 spiro atoms. The third kappa shape index (κ3) is 1.66. The van der Waals surface area contributed by atoms with Crippen molar-refractivity contribution in [3.63, 3.8) is 0 Å². The van der Waals surface area contributed by atoms with Crippen LogP contribution in [0.2, 0.25) is 0 Å². The number of benzene rings is 1. The number of hydrogen-bond acceptors (Lipinski definition) is 2. The SMILES string of the molecule is CN(C(=O)O)c1ccc(O)cc1. The van der Waals surface area contributed by atoms with Gasteiger partial charge in [-0.1, -0.05) is 0 Å². The molecule has 0 heterocycles. The Morgan fingerprint density at radius 3 is 2.25 bits per heavy atom. The minimum Gasteiger partial charge on any atom is -0.508 e. The van der Waals surface area contributed by atoms with Gasteiger partial charge in [0.15, 0.2) is 0 Å². The smallest absolute Gasteiger partial charge is 0.411 e. The highest BCUT2D eigenvalue weighted by molar-refractivity contribution is 5.85. The maximum atomic E-state index is 10.4. The van der Waals surface area contributed by atoms with E-state index < -0.39 is 6.09 Å². The van der Waals surface area contributed by atoms with Gasteiger partial charge in [-0.25, -0.2) is 4.79 Å². The van der Waals surface area contributed by atoms with Crippen LogP contribution in [0.5, 0.6) is 5.75 Å². The van der Waals surface area contributed by atoms with Crippen molar-refractivity contribution in [1.29, 1.82) is 0 Å². The third-order valence-corrected chi connectivity index (χ3v) is 1.52. The summed E-state index contributed by atoms with van der Waals surface area (Å²) >= 11 is 0. The van der Waals surface area contributed by atoms with Crippen LogP contribution in [-0.2, 0) is 0 Å². The van der Waals surface area contributed by atoms with E-state index in [1.54, 1.807) is 0 Å². The van der Waals surface area contributed by atoms with Crippen LogP contribution in [0.15, 0.2) is 24.3 Å². The molecule has 1 aromatic rings. The quantitative estimate of drug-likeness (QED) is 0.666. The monoisotopic (exact) mass is 167 g/mol. The molecule has 0 aliphatic carbocycles. The molecule has 0 aromatic heterocycles. The Morgan fingerprint density at radius 1 is 1.33 bits per heavy atom. The third-order valence-electron chi connectivity index (χ3n) is 1.52. The highest BCUT2D eigenvalue weighted by Gasteiger charge is 2.06. The van der Waals surface area contributed by atoms with Gasteiger partial charge in [-0.2, -0.15) is 0 Å². The molecular weight excluding hydrogens is 158 g/mol. The van der Waals surface area contributed by atoms with Crippen molar-refractivity contribution in [1.82, 2.24) is 0 Å². The normalized spacial score (nSPS) is 9.42. The fourth-order valence-corrected chi connectivity index (χ4v) is 0.787. The molecule has 0 radical (unpaired) electrons. The van der Waals surface area contributed by atoms with Gasteiger partial charge in [0.1, 0.15) is 5.75 Å². The predicted octanol–water partition coefficient (Wildman–Crippen LogP) is 1.51. The summed E-state index contributed by atoms with van der Waals surface area (Å²) in [5, 5.41) is 17.5. The van der Waals surface area contributed by atoms with E-state index in [1.807, 2.05) is 0 Å². The van der Waals surface area contributed by atoms with Gasteiger partial charge in [-0.15, -0.1) is 0 Å². The number of rotatable bonds is 1. The summed E-state index contributed by atoms with van der Waals surface area (Å²) < 4.78 is 0. The maximum Gasteiger partial charge on any atom is 0.411 e. The van der Waals surface area contributed by atoms with Crippen LogP contribution in [0.1, 0.15) is 0 Å². The summed E-state index contributed by atoms with van der Waals surface area (Å²) in [7, 11) is 1.44. The van der Waals surface area contributed by atoms with E-state index in [4.69, 9.17) is 10.2 Å². The molecule has 4 nitrogen and oxygen atoms in total. The number of phenolic OH excluding ortho intramolecular Hbond substituents is 1. The van der Waals surface area contributed by atoms with E-state index >= 15 is 0 Å². The van der Waals surface area contributed by atoms with E-state index in [-0.39, 0.29) is 5.75 Å². The first kappa shape index (κ1) is 8.39. The highest BCUT2D eigenvalue weighted by atomic mass is 16.4. The average Bonchev–Trinajstić information content (AvgIpc) is 2.04. The molecule has 0 fully saturated rings. The van der Waals surface area contributed by atoms with Gasteiger partial charge in [0, 0.05) is 12.7 Å². The minimum atomic E-state index is -1.03. The van der Waals surface area contributed by atoms with Crippen LogP contribution in [-0.4, -0.2) is 23.4 Å². The molecular formula is C8H9NO3. The van der Waals surface area contributed by atoms with Crippen LogP contribution in [0.3, 0.4) is 0 Å². The van der Waals surface area contributed by atoms with Gasteiger partial charge >= 0.3 is 6.09 Å². The predicted molar refractivity (Wildman–Crippen MR) is 44.5 cm³/mol. The fraction of sp³-hybridized carbons (Fsp3) is 0.125. The number of carbonyl (C=O) groups is 1. The molecule has 0 saturated carbocycles. The van der Waals surface area contributed by atoms with E-state index in [0.717, 1.165) is 4.90 Å². The molecule has 0 unspecified atom stereocenters. The van der Waals surface area contributed by atoms with E-state index in [2.05, 4.69) is 0 Å². The molecule has 0 aliphatic heterocycles. The van der Waals surface area contributed by atoms with Crippen molar-refractivity contribution >= 4 is 11.8 Å². The van der Waals surface area contributed by atoms with Crippen LogP contribution in [0.4, 0.5) is 10.5 Å². The molecule has 1 aromatic carbocycles. The van der Waals surface area contributed by atoms with Crippen molar-refractivity contribution in [2.24, 2.45) is 0 Å². The summed E-state index contributed by atoms with van der Waals surface area (Å²) in [5.41, 5.74) is 0.528. The van der Waals surface area contributed by atoms with Crippen molar-refractivity contribution in [2.75, 3.05) is 11.9 Å². The first-order valence-corrected chi connectivity index (χ1v) is 3.37. The summed E-state index contributed by atoms with van der Waals surface area (Å²) in [6, 6.07) is 5.94. The second kappa shape index (κ2) is 3.13. The molecule has 0 atom stereocenters. The molecule has 0 saturated heterocycles. The van der Waals surface area contributed by atoms with Crippen molar-refractivity contribution in [3.05, 3.63) is 24.3 Å². The number of nitrogens with zero attached hydrogens (tertiary/aromatic N) is 1. The Bertz CT molecular complexity index is 281. The highest BCUT2D eigenvalue weighted by Crippen LogP contribution is 2.16. The summed E-state index contributed by atoms with van der Waals surface area (Å²) in [5.74, 6) is 0.123. The minimum absolute atomic E-state index is 0.123. The molecule has 4 heteroatoms. The van der Waals surface area contributed by atoms with Crippen molar-refractivity contribution < 1.29 is 15.0 Å². The largest absolute Gasteiger partial charge is 0.508 e. The molecule has 1 amide bonds. The van der Waals surface area contributed by atoms with Gasteiger partial charge in [-0.05, 0) is 24.3 Å². The zero-order valence-electron chi connectivity index (χ0n) is 6.56. The lowest BCUT2D eigenvalue weighted by molar-refractivity contribution is 0.203. The molecule has 1 rings (SSSR count). The molecule has 12 heavy (non-hydrogen) atoms. The fourth-order valence-electron chi connectivity index (χ4n) is 0.787. The number of aromatic hydroxyl groups is 1. The Kier molecular flexibility index (Phi) is 2.19. The lowest BCUT2D eigenvalue weighted by Gasteiger charge is -2.12. The number of anilines is 1. The lowest BCUT2D eigenvalue weighted by Crippen LogP contribution is -2.23. The van der Waals surface area contributed by atoms with Gasteiger partial charge in [0.25, 0.3) is 0 Å². The van der Waals surface area contributed by atoms with Gasteiger partial charge in [-0.3, -0.25) is 4.90 Å². The number of amides is 1. The second-order valence-electron chi connectivity index (χ2n) is 2.36. The average molecular weight is 167 g/mol. The Hall–Kier alpha value is -1.71. The van der Waals surface area contributed by atoms with Gasteiger partial charge in [0.2, 0.25) is 0 Å². The zero-order chi connectivity index (χ0) is 9.14. The molecule has 64 valence electrons. The van der Waals surface area contributed by atoms with Gasteiger partial charge < -0.3 is 10.2 Å². The van der Waals surface area contributed by atoms with Crippen molar-refractivity contribution in [2.45, 2.75) is 0 Å². The Balaban J connectivity index is 2.89. The first-order chi connectivity index (χ1) is 5.61. The van der Waals surface area contributed by atoms with Crippen molar-refractivity contribution in [3.8, 4) is 5.75 Å². The lowest BCUT2D eigenvalue weighted by atomic mass is 10.3. The summed E-state index contributed by atoms with van der Waals surface area (Å²) in [6.45, 7) is 0. The number of hydrogen-bond donors (Lipinski definition) is 2. The summed E-state index contributed by atoms with van der Waals surface area (Å²) in [4.78, 5) is 11.5. The number of carboxylic acid groups (broad SMARTS) is 1. The number of phenols is 1. The maximum absolute atomic E-state index is 10.4. The summed E-state index contributed by atoms with van der Waals surface area (Å²) in [6.07, 6.45) is -1.03. The Morgan fingerprint density at radius 2 is 1.83 bits per heavy atom. The van der Waals surface area contributed by atoms with Crippen LogP contribution in [0, 0.1) is 0 Å². The van der Waals surface area contributed by atoms with Crippen LogP contribution in [0.25, 0.3) is 0 Å². The molecule has 0 aliphatic rings. The second-order valence-corrected chi connectivity index (χ2v) is 2.36. The first-order valence-electron chi connectivity index (χ1n) is 3.37. The van der Waals surface area contributed by atoms with Crippen LogP contribution >= 0.6 is 0 Å². The van der Waals surface area contributed by atoms with E-state index in [9.17, 15) is 4.79 Å². The topological polar surface area (TPSA) is 60.8 Å². The van der Waals surface area contributed by atoms with Crippen LogP contribution < -0.4 is 4.90 Å². The Labute approximate surface area is 69.7 Å². The molecule has 2 N–H and O–H groups in total. The van der Waals surface area contributed by atoms with E-state index in [1.165, 1.54) is 31.3 Å². The van der Waals surface area contributed by atoms with Gasteiger partial charge in [0.05, 0.1) is 0 Å². The van der Waals surface area contributed by atoms with E-state index in [0.29, 0.717) is 5.69 Å². The zero-order valence-corrected chi connectivity index (χ0v) is 6.56.